The quantitative estimate of drug-likeness (QED) is 0.371. The van der Waals surface area contributed by atoms with Crippen LogP contribution in [0, 0.1) is 0 Å². The van der Waals surface area contributed by atoms with E-state index in [-0.39, 0.29) is 5.69 Å². The molecular weight excluding hydrogens is 424 g/mol. The van der Waals surface area contributed by atoms with Crippen LogP contribution >= 0.6 is 0 Å². The fourth-order valence-electron chi connectivity index (χ4n) is 2.92. The van der Waals surface area contributed by atoms with E-state index in [0.29, 0.717) is 41.9 Å². The van der Waals surface area contributed by atoms with Gasteiger partial charge in [0, 0.05) is 17.2 Å². The van der Waals surface area contributed by atoms with Crippen molar-refractivity contribution in [2.24, 2.45) is 5.10 Å². The molecule has 0 aliphatic rings. The van der Waals surface area contributed by atoms with Crippen LogP contribution in [0.3, 0.4) is 0 Å². The van der Waals surface area contributed by atoms with E-state index >= 15 is 0 Å². The number of methoxy groups -OCH3 is 2. The van der Waals surface area contributed by atoms with Crippen LogP contribution in [0.15, 0.2) is 53.8 Å². The molecule has 1 aromatic heterocycles. The SMILES string of the molecule is CCOc1ccc(-c2nc(C(=O)N/N=C/c3cc(OC)cc(OC)c3)cnc2OCC)cc1. The molecule has 0 aliphatic heterocycles. The van der Waals surface area contributed by atoms with Gasteiger partial charge in [0.15, 0.2) is 0 Å². The van der Waals surface area contributed by atoms with E-state index in [1.54, 1.807) is 32.4 Å². The van der Waals surface area contributed by atoms with Gasteiger partial charge >= 0.3 is 0 Å². The lowest BCUT2D eigenvalue weighted by Crippen LogP contribution is -2.20. The van der Waals surface area contributed by atoms with Crippen LogP contribution in [0.2, 0.25) is 0 Å². The average Bonchev–Trinajstić information content (AvgIpc) is 2.85. The lowest BCUT2D eigenvalue weighted by molar-refractivity contribution is 0.0949. The van der Waals surface area contributed by atoms with Crippen LogP contribution < -0.4 is 24.4 Å². The molecule has 0 unspecified atom stereocenters. The standard InChI is InChI=1S/C24H26N4O5/c1-5-32-18-9-7-17(8-10-18)22-24(33-6-2)25-15-21(27-22)23(29)28-26-14-16-11-19(30-3)13-20(12-16)31-4/h7-15H,5-6H2,1-4H3,(H,28,29)/b26-14+. The summed E-state index contributed by atoms with van der Waals surface area (Å²) in [7, 11) is 3.12. The van der Waals surface area contributed by atoms with E-state index in [1.165, 1.54) is 12.4 Å². The number of benzene rings is 2. The zero-order valence-electron chi connectivity index (χ0n) is 19.0. The second-order valence-corrected chi connectivity index (χ2v) is 6.64. The normalized spacial score (nSPS) is 10.7. The highest BCUT2D eigenvalue weighted by atomic mass is 16.5. The van der Waals surface area contributed by atoms with E-state index in [1.807, 2.05) is 38.1 Å². The molecule has 0 aliphatic carbocycles. The summed E-state index contributed by atoms with van der Waals surface area (Å²) in [5.74, 6) is 1.79. The van der Waals surface area contributed by atoms with Crippen molar-refractivity contribution in [3.63, 3.8) is 0 Å². The molecule has 3 aromatic rings. The summed E-state index contributed by atoms with van der Waals surface area (Å²) in [6.45, 7) is 4.76. The molecule has 0 spiro atoms. The van der Waals surface area contributed by atoms with E-state index < -0.39 is 5.91 Å². The lowest BCUT2D eigenvalue weighted by Gasteiger charge is -2.10. The van der Waals surface area contributed by atoms with Crippen LogP contribution in [-0.4, -0.2) is 49.5 Å². The Labute approximate surface area is 192 Å². The third-order valence-corrected chi connectivity index (χ3v) is 4.44. The Bertz CT molecular complexity index is 1090. The first kappa shape index (κ1) is 23.5. The predicted octanol–water partition coefficient (Wildman–Crippen LogP) is 3.72. The molecule has 0 saturated carbocycles. The number of nitrogens with one attached hydrogen (secondary N) is 1. The minimum Gasteiger partial charge on any atom is -0.497 e. The minimum absolute atomic E-state index is 0.0997. The smallest absolute Gasteiger partial charge is 0.291 e. The molecular formula is C24H26N4O5. The predicted molar refractivity (Wildman–Crippen MR) is 124 cm³/mol. The van der Waals surface area contributed by atoms with Crippen LogP contribution in [0.5, 0.6) is 23.1 Å². The molecule has 0 atom stereocenters. The number of ether oxygens (including phenoxy) is 4. The molecule has 172 valence electrons. The summed E-state index contributed by atoms with van der Waals surface area (Å²) >= 11 is 0. The van der Waals surface area contributed by atoms with Crippen LogP contribution in [0.1, 0.15) is 29.9 Å². The summed E-state index contributed by atoms with van der Waals surface area (Å²) in [4.78, 5) is 21.4. The second kappa shape index (κ2) is 11.5. The van der Waals surface area contributed by atoms with Gasteiger partial charge in [0.05, 0.1) is 39.8 Å². The van der Waals surface area contributed by atoms with Crippen molar-refractivity contribution in [1.82, 2.24) is 15.4 Å². The van der Waals surface area contributed by atoms with E-state index in [2.05, 4.69) is 20.5 Å². The molecule has 9 heteroatoms. The number of carbonyl (C=O) groups excluding carboxylic acids is 1. The number of hydrazone groups is 1. The van der Waals surface area contributed by atoms with Gasteiger partial charge in [-0.2, -0.15) is 5.10 Å². The lowest BCUT2D eigenvalue weighted by atomic mass is 10.1. The van der Waals surface area contributed by atoms with Crippen molar-refractivity contribution in [3.05, 3.63) is 59.9 Å². The van der Waals surface area contributed by atoms with Crippen LogP contribution in [-0.2, 0) is 0 Å². The number of aromatic nitrogens is 2. The minimum atomic E-state index is -0.510. The van der Waals surface area contributed by atoms with Crippen molar-refractivity contribution < 1.29 is 23.7 Å². The molecule has 9 nitrogen and oxygen atoms in total. The van der Waals surface area contributed by atoms with Gasteiger partial charge in [-0.1, -0.05) is 0 Å². The zero-order valence-corrected chi connectivity index (χ0v) is 19.0. The van der Waals surface area contributed by atoms with Gasteiger partial charge in [-0.15, -0.1) is 0 Å². The first-order valence-corrected chi connectivity index (χ1v) is 10.4. The fourth-order valence-corrected chi connectivity index (χ4v) is 2.92. The molecule has 0 saturated heterocycles. The number of hydrogen-bond donors (Lipinski definition) is 1. The van der Waals surface area contributed by atoms with E-state index in [9.17, 15) is 4.79 Å². The highest BCUT2D eigenvalue weighted by molar-refractivity contribution is 5.93. The largest absolute Gasteiger partial charge is 0.497 e. The Morgan fingerprint density at radius 3 is 2.24 bits per heavy atom. The topological polar surface area (TPSA) is 104 Å². The van der Waals surface area contributed by atoms with Gasteiger partial charge in [-0.25, -0.2) is 15.4 Å². The first-order valence-electron chi connectivity index (χ1n) is 10.4. The number of carbonyl (C=O) groups is 1. The van der Waals surface area contributed by atoms with Gasteiger partial charge in [0.2, 0.25) is 5.88 Å². The summed E-state index contributed by atoms with van der Waals surface area (Å²) in [6.07, 6.45) is 2.83. The third kappa shape index (κ3) is 6.19. The average molecular weight is 450 g/mol. The molecule has 1 heterocycles. The van der Waals surface area contributed by atoms with E-state index in [4.69, 9.17) is 18.9 Å². The van der Waals surface area contributed by atoms with Gasteiger partial charge < -0.3 is 18.9 Å². The summed E-state index contributed by atoms with van der Waals surface area (Å²) in [5, 5.41) is 4.01. The molecule has 3 rings (SSSR count). The van der Waals surface area contributed by atoms with Crippen molar-refractivity contribution in [2.75, 3.05) is 27.4 Å². The van der Waals surface area contributed by atoms with Crippen molar-refractivity contribution in [1.29, 1.82) is 0 Å². The Balaban J connectivity index is 1.80. The summed E-state index contributed by atoms with van der Waals surface area (Å²) in [5.41, 5.74) is 4.46. The van der Waals surface area contributed by atoms with Crippen molar-refractivity contribution >= 4 is 12.1 Å². The Morgan fingerprint density at radius 2 is 1.64 bits per heavy atom. The number of hydrogen-bond acceptors (Lipinski definition) is 8. The van der Waals surface area contributed by atoms with Gasteiger partial charge in [0.1, 0.15) is 28.6 Å². The highest BCUT2D eigenvalue weighted by Gasteiger charge is 2.15. The molecule has 2 aromatic carbocycles. The first-order chi connectivity index (χ1) is 16.1. The zero-order chi connectivity index (χ0) is 23.6. The molecule has 33 heavy (non-hydrogen) atoms. The van der Waals surface area contributed by atoms with Crippen molar-refractivity contribution in [3.8, 4) is 34.4 Å². The Kier molecular flexibility index (Phi) is 8.18. The molecule has 0 radical (unpaired) electrons. The number of amides is 1. The van der Waals surface area contributed by atoms with Gasteiger partial charge in [-0.3, -0.25) is 4.79 Å². The molecule has 0 fully saturated rings. The molecule has 0 bridgehead atoms. The van der Waals surface area contributed by atoms with Crippen LogP contribution in [0.25, 0.3) is 11.3 Å². The molecule has 1 amide bonds. The number of nitrogens with zero attached hydrogens (tertiary/aromatic N) is 3. The summed E-state index contributed by atoms with van der Waals surface area (Å²) < 4.78 is 21.5. The van der Waals surface area contributed by atoms with E-state index in [0.717, 1.165) is 11.3 Å². The summed E-state index contributed by atoms with van der Waals surface area (Å²) in [6, 6.07) is 12.6. The third-order valence-electron chi connectivity index (χ3n) is 4.44. The maximum atomic E-state index is 12.6. The highest BCUT2D eigenvalue weighted by Crippen LogP contribution is 2.28. The van der Waals surface area contributed by atoms with Gasteiger partial charge in [-0.05, 0) is 50.2 Å². The number of rotatable bonds is 10. The Morgan fingerprint density at radius 1 is 0.970 bits per heavy atom. The second-order valence-electron chi connectivity index (χ2n) is 6.64. The van der Waals surface area contributed by atoms with Gasteiger partial charge in [0.25, 0.3) is 5.91 Å². The maximum absolute atomic E-state index is 12.6. The Hall–Kier alpha value is -4.14. The van der Waals surface area contributed by atoms with Crippen LogP contribution in [0.4, 0.5) is 0 Å². The monoisotopic (exact) mass is 450 g/mol. The van der Waals surface area contributed by atoms with Crippen molar-refractivity contribution in [2.45, 2.75) is 13.8 Å². The molecule has 1 N–H and O–H groups in total. The fraction of sp³-hybridized carbons (Fsp3) is 0.250. The maximum Gasteiger partial charge on any atom is 0.291 e.